The van der Waals surface area contributed by atoms with E-state index in [1.165, 1.54) is 12.8 Å². The summed E-state index contributed by atoms with van der Waals surface area (Å²) in [5.74, 6) is 1.28. The van der Waals surface area contributed by atoms with Gasteiger partial charge in [0.25, 0.3) is 5.91 Å². The van der Waals surface area contributed by atoms with Crippen LogP contribution in [0.1, 0.15) is 74.1 Å². The summed E-state index contributed by atoms with van der Waals surface area (Å²) in [7, 11) is 0. The highest BCUT2D eigenvalue weighted by Gasteiger charge is 2.30. The minimum Gasteiger partial charge on any atom is -0.357 e. The lowest BCUT2D eigenvalue weighted by molar-refractivity contribution is 0.102. The van der Waals surface area contributed by atoms with Crippen molar-refractivity contribution in [1.82, 2.24) is 19.7 Å². The molecule has 0 bridgehead atoms. The van der Waals surface area contributed by atoms with E-state index >= 15 is 0 Å². The highest BCUT2D eigenvalue weighted by molar-refractivity contribution is 6.12. The first-order valence-corrected chi connectivity index (χ1v) is 11.2. The van der Waals surface area contributed by atoms with Gasteiger partial charge in [-0.2, -0.15) is 5.10 Å². The quantitative estimate of drug-likeness (QED) is 0.669. The monoisotopic (exact) mass is 418 g/mol. The highest BCUT2D eigenvalue weighted by Crippen LogP contribution is 2.41. The summed E-state index contributed by atoms with van der Waals surface area (Å²) < 4.78 is 1.95. The van der Waals surface area contributed by atoms with E-state index in [1.54, 1.807) is 6.20 Å². The Kier molecular flexibility index (Phi) is 4.72. The lowest BCUT2D eigenvalue weighted by Crippen LogP contribution is -2.24. The van der Waals surface area contributed by atoms with Crippen LogP contribution in [0.3, 0.4) is 0 Å². The number of carbonyl (C=O) groups excluding carboxylic acids is 1. The molecule has 5 rings (SSSR count). The first kappa shape index (κ1) is 20.0. The third-order valence-electron chi connectivity index (χ3n) is 6.14. The van der Waals surface area contributed by atoms with Crippen molar-refractivity contribution in [3.05, 3.63) is 41.3 Å². The maximum Gasteiger partial charge on any atom is 0.256 e. The summed E-state index contributed by atoms with van der Waals surface area (Å²) in [6, 6.07) is 5.88. The van der Waals surface area contributed by atoms with Crippen molar-refractivity contribution in [3.63, 3.8) is 0 Å². The average Bonchev–Trinajstić information content (AvgIpc) is 3.32. The van der Waals surface area contributed by atoms with Crippen LogP contribution in [-0.2, 0) is 5.54 Å². The number of hydrogen-bond donors (Lipinski definition) is 1. The summed E-state index contributed by atoms with van der Waals surface area (Å²) in [4.78, 5) is 25.1. The molecule has 1 N–H and O–H groups in total. The van der Waals surface area contributed by atoms with Gasteiger partial charge in [-0.05, 0) is 71.6 Å². The first-order chi connectivity index (χ1) is 14.8. The maximum absolute atomic E-state index is 13.4. The van der Waals surface area contributed by atoms with Gasteiger partial charge in [-0.1, -0.05) is 0 Å². The molecular weight excluding hydrogens is 388 g/mol. The van der Waals surface area contributed by atoms with Gasteiger partial charge in [-0.25, -0.2) is 14.6 Å². The summed E-state index contributed by atoms with van der Waals surface area (Å²) in [5.41, 5.74) is 3.74. The van der Waals surface area contributed by atoms with Crippen molar-refractivity contribution >= 4 is 28.4 Å². The molecule has 0 unspecified atom stereocenters. The number of carbonyl (C=O) groups is 1. The van der Waals surface area contributed by atoms with Gasteiger partial charge in [0.2, 0.25) is 0 Å². The third-order valence-corrected chi connectivity index (χ3v) is 6.14. The van der Waals surface area contributed by atoms with Crippen molar-refractivity contribution in [2.24, 2.45) is 0 Å². The molecule has 0 spiro atoms. The van der Waals surface area contributed by atoms with E-state index in [9.17, 15) is 4.79 Å². The summed E-state index contributed by atoms with van der Waals surface area (Å²) >= 11 is 0. The first-order valence-electron chi connectivity index (χ1n) is 11.2. The molecule has 2 fully saturated rings. The van der Waals surface area contributed by atoms with Crippen LogP contribution >= 0.6 is 0 Å². The number of amides is 1. The number of fused-ring (bicyclic) bond motifs is 1. The van der Waals surface area contributed by atoms with Gasteiger partial charge in [-0.3, -0.25) is 4.79 Å². The van der Waals surface area contributed by atoms with E-state index in [0.29, 0.717) is 17.2 Å². The molecule has 162 valence electrons. The lowest BCUT2D eigenvalue weighted by atomic mass is 10.1. The van der Waals surface area contributed by atoms with Gasteiger partial charge in [0.15, 0.2) is 5.65 Å². The van der Waals surface area contributed by atoms with Gasteiger partial charge < -0.3 is 10.2 Å². The Balaban J connectivity index is 1.50. The molecule has 1 amide bonds. The molecule has 1 aliphatic heterocycles. The summed E-state index contributed by atoms with van der Waals surface area (Å²) in [6.07, 6.45) is 6.43. The van der Waals surface area contributed by atoms with Crippen molar-refractivity contribution in [2.75, 3.05) is 23.3 Å². The SMILES string of the molecule is Cc1nn(C(C)(C)C)c2nc(C3CC3)cc(C(=O)Nc3ccc(N4CCCC4)nc3)c12. The van der Waals surface area contributed by atoms with E-state index in [2.05, 4.69) is 36.0 Å². The van der Waals surface area contributed by atoms with Gasteiger partial charge in [0.05, 0.1) is 34.1 Å². The molecular formula is C24H30N6O. The van der Waals surface area contributed by atoms with E-state index in [-0.39, 0.29) is 11.4 Å². The number of anilines is 2. The fourth-order valence-corrected chi connectivity index (χ4v) is 4.34. The molecule has 0 radical (unpaired) electrons. The molecule has 4 heterocycles. The highest BCUT2D eigenvalue weighted by atomic mass is 16.1. The number of aryl methyl sites for hydroxylation is 1. The third kappa shape index (κ3) is 3.77. The van der Waals surface area contributed by atoms with Crippen LogP contribution in [-0.4, -0.2) is 38.7 Å². The smallest absolute Gasteiger partial charge is 0.256 e. The maximum atomic E-state index is 13.4. The molecule has 1 saturated carbocycles. The molecule has 3 aromatic rings. The Bertz CT molecular complexity index is 1130. The zero-order valence-electron chi connectivity index (χ0n) is 18.8. The van der Waals surface area contributed by atoms with E-state index in [0.717, 1.165) is 54.2 Å². The minimum atomic E-state index is -0.218. The normalized spacial score (nSPS) is 16.8. The molecule has 0 aromatic carbocycles. The number of hydrogen-bond acceptors (Lipinski definition) is 5. The molecule has 2 aliphatic rings. The van der Waals surface area contributed by atoms with Crippen molar-refractivity contribution in [3.8, 4) is 0 Å². The Labute approximate surface area is 182 Å². The standard InChI is InChI=1S/C24H30N6O/c1-15-21-18(13-19(16-7-8-16)27-22(21)30(28-15)24(2,3)4)23(31)26-17-9-10-20(25-14-17)29-11-5-6-12-29/h9-10,13-14,16H,5-8,11-12H2,1-4H3,(H,26,31). The number of nitrogens with one attached hydrogen (secondary N) is 1. The number of aromatic nitrogens is 4. The Morgan fingerprint density at radius 1 is 1.16 bits per heavy atom. The van der Waals surface area contributed by atoms with Crippen molar-refractivity contribution < 1.29 is 4.79 Å². The second-order valence-electron chi connectivity index (χ2n) is 9.79. The zero-order chi connectivity index (χ0) is 21.8. The van der Waals surface area contributed by atoms with Crippen LogP contribution in [0.15, 0.2) is 24.4 Å². The molecule has 0 atom stereocenters. The van der Waals surface area contributed by atoms with E-state index in [4.69, 9.17) is 10.1 Å². The van der Waals surface area contributed by atoms with Crippen LogP contribution < -0.4 is 10.2 Å². The largest absolute Gasteiger partial charge is 0.357 e. The van der Waals surface area contributed by atoms with Crippen LogP contribution in [0.5, 0.6) is 0 Å². The Morgan fingerprint density at radius 2 is 1.90 bits per heavy atom. The topological polar surface area (TPSA) is 75.9 Å². The number of rotatable bonds is 4. The second kappa shape index (κ2) is 7.32. The Morgan fingerprint density at radius 3 is 2.52 bits per heavy atom. The van der Waals surface area contributed by atoms with Crippen LogP contribution in [0, 0.1) is 6.92 Å². The number of pyridine rings is 2. The average molecular weight is 419 g/mol. The van der Waals surface area contributed by atoms with Gasteiger partial charge >= 0.3 is 0 Å². The van der Waals surface area contributed by atoms with Gasteiger partial charge in [-0.15, -0.1) is 0 Å². The fourth-order valence-electron chi connectivity index (χ4n) is 4.34. The molecule has 1 aliphatic carbocycles. The van der Waals surface area contributed by atoms with Gasteiger partial charge in [0, 0.05) is 24.7 Å². The predicted octanol–water partition coefficient (Wildman–Crippen LogP) is 4.62. The second-order valence-corrected chi connectivity index (χ2v) is 9.79. The lowest BCUT2D eigenvalue weighted by Gasteiger charge is -2.20. The van der Waals surface area contributed by atoms with Crippen LogP contribution in [0.2, 0.25) is 0 Å². The van der Waals surface area contributed by atoms with Gasteiger partial charge in [0.1, 0.15) is 5.82 Å². The molecule has 1 saturated heterocycles. The van der Waals surface area contributed by atoms with Crippen LogP contribution in [0.25, 0.3) is 11.0 Å². The van der Waals surface area contributed by atoms with Crippen molar-refractivity contribution in [2.45, 2.75) is 64.8 Å². The van der Waals surface area contributed by atoms with Crippen molar-refractivity contribution in [1.29, 1.82) is 0 Å². The van der Waals surface area contributed by atoms with E-state index in [1.807, 2.05) is 29.8 Å². The summed E-state index contributed by atoms with van der Waals surface area (Å²) in [5, 5.41) is 8.62. The number of nitrogens with zero attached hydrogens (tertiary/aromatic N) is 5. The molecule has 3 aromatic heterocycles. The zero-order valence-corrected chi connectivity index (χ0v) is 18.8. The van der Waals surface area contributed by atoms with E-state index < -0.39 is 0 Å². The molecule has 7 heteroatoms. The fraction of sp³-hybridized carbons (Fsp3) is 0.500. The Hall–Kier alpha value is -2.96. The minimum absolute atomic E-state index is 0.137. The molecule has 7 nitrogen and oxygen atoms in total. The van der Waals surface area contributed by atoms with Crippen LogP contribution in [0.4, 0.5) is 11.5 Å². The summed E-state index contributed by atoms with van der Waals surface area (Å²) in [6.45, 7) is 10.4. The molecule has 31 heavy (non-hydrogen) atoms. The predicted molar refractivity (Wildman–Crippen MR) is 123 cm³/mol.